The van der Waals surface area contributed by atoms with Gasteiger partial charge in [-0.3, -0.25) is 4.79 Å². The fourth-order valence-corrected chi connectivity index (χ4v) is 7.33. The molecule has 1 aromatic rings. The van der Waals surface area contributed by atoms with Crippen LogP contribution in [0.15, 0.2) is 29.3 Å². The first-order valence-electron chi connectivity index (χ1n) is 8.09. The highest BCUT2D eigenvalue weighted by Gasteiger charge is 2.49. The molecule has 3 saturated heterocycles. The van der Waals surface area contributed by atoms with E-state index in [4.69, 9.17) is 4.74 Å². The van der Waals surface area contributed by atoms with Gasteiger partial charge in [0.05, 0.1) is 17.5 Å². The van der Waals surface area contributed by atoms with E-state index in [0.29, 0.717) is 23.9 Å². The summed E-state index contributed by atoms with van der Waals surface area (Å²) in [5.41, 5.74) is 0.636. The third-order valence-electron chi connectivity index (χ3n) is 4.58. The Kier molecular flexibility index (Phi) is 4.33. The molecule has 0 aromatic heterocycles. The number of sulfone groups is 1. The van der Waals surface area contributed by atoms with Crippen LogP contribution in [0.1, 0.15) is 12.8 Å². The Hall–Kier alpha value is -1.45. The first-order valence-corrected chi connectivity index (χ1v) is 10.8. The Morgan fingerprint density at radius 2 is 2.04 bits per heavy atom. The lowest BCUT2D eigenvalue weighted by atomic mass is 10.2. The van der Waals surface area contributed by atoms with Crippen LogP contribution in [-0.2, 0) is 19.4 Å². The van der Waals surface area contributed by atoms with Crippen LogP contribution < -0.4 is 4.90 Å². The number of thioether (sulfide) groups is 1. The molecular weight excluding hydrogens is 367 g/mol. The molecule has 3 fully saturated rings. The van der Waals surface area contributed by atoms with Gasteiger partial charge in [0.1, 0.15) is 11.9 Å². The van der Waals surface area contributed by atoms with E-state index in [9.17, 15) is 17.6 Å². The van der Waals surface area contributed by atoms with E-state index < -0.39 is 15.9 Å². The number of rotatable bonds is 2. The lowest BCUT2D eigenvalue weighted by Gasteiger charge is -2.24. The molecule has 0 saturated carbocycles. The van der Waals surface area contributed by atoms with Crippen LogP contribution in [0.4, 0.5) is 10.1 Å². The second-order valence-electron chi connectivity index (χ2n) is 6.38. The van der Waals surface area contributed by atoms with Gasteiger partial charge in [-0.15, -0.1) is 0 Å². The van der Waals surface area contributed by atoms with Crippen molar-refractivity contribution in [2.24, 2.45) is 4.99 Å². The highest BCUT2D eigenvalue weighted by atomic mass is 32.2. The molecular formula is C16H17FN2O4S2. The maximum atomic E-state index is 13.3. The summed E-state index contributed by atoms with van der Waals surface area (Å²) in [7, 11) is -3.12. The molecule has 3 atom stereocenters. The van der Waals surface area contributed by atoms with E-state index in [-0.39, 0.29) is 34.5 Å². The summed E-state index contributed by atoms with van der Waals surface area (Å²) in [6.45, 7) is 0.555. The van der Waals surface area contributed by atoms with Crippen LogP contribution in [0, 0.1) is 5.82 Å². The number of hydrogen-bond acceptors (Lipinski definition) is 5. The molecule has 6 nitrogen and oxygen atoms in total. The second kappa shape index (κ2) is 6.37. The Labute approximate surface area is 149 Å². The van der Waals surface area contributed by atoms with Gasteiger partial charge in [-0.25, -0.2) is 12.8 Å². The third kappa shape index (κ3) is 3.32. The maximum absolute atomic E-state index is 13.3. The summed E-state index contributed by atoms with van der Waals surface area (Å²) in [6, 6.07) is 5.49. The van der Waals surface area contributed by atoms with E-state index in [1.807, 2.05) is 0 Å². The summed E-state index contributed by atoms with van der Waals surface area (Å²) in [5.74, 6) is -0.641. The van der Waals surface area contributed by atoms with Crippen molar-refractivity contribution in [3.05, 3.63) is 30.1 Å². The summed E-state index contributed by atoms with van der Waals surface area (Å²) in [5, 5.41) is 0.295. The Morgan fingerprint density at radius 3 is 2.72 bits per heavy atom. The SMILES string of the molecule is O=C(N=C1S[C@H]2CS(=O)(=O)C[C@H]2N1c1ccc(F)cc1)[C@@H]1CCCO1. The minimum Gasteiger partial charge on any atom is -0.368 e. The van der Waals surface area contributed by atoms with Crippen molar-refractivity contribution in [2.75, 3.05) is 23.0 Å². The molecule has 3 heterocycles. The highest BCUT2D eigenvalue weighted by Crippen LogP contribution is 2.41. The van der Waals surface area contributed by atoms with Crippen molar-refractivity contribution >= 4 is 38.4 Å². The number of amides is 1. The van der Waals surface area contributed by atoms with Gasteiger partial charge >= 0.3 is 0 Å². The first kappa shape index (κ1) is 17.0. The molecule has 0 bridgehead atoms. The van der Waals surface area contributed by atoms with Crippen LogP contribution in [0.2, 0.25) is 0 Å². The van der Waals surface area contributed by atoms with E-state index in [1.165, 1.54) is 23.9 Å². The number of carbonyl (C=O) groups excluding carboxylic acids is 1. The molecule has 3 aliphatic rings. The summed E-state index contributed by atoms with van der Waals surface area (Å²) >= 11 is 1.30. The largest absolute Gasteiger partial charge is 0.368 e. The van der Waals surface area contributed by atoms with Crippen LogP contribution in [0.5, 0.6) is 0 Å². The lowest BCUT2D eigenvalue weighted by Crippen LogP contribution is -2.38. The van der Waals surface area contributed by atoms with Crippen molar-refractivity contribution in [1.29, 1.82) is 0 Å². The minimum absolute atomic E-state index is 0.00911. The number of benzene rings is 1. The van der Waals surface area contributed by atoms with Crippen molar-refractivity contribution in [1.82, 2.24) is 0 Å². The van der Waals surface area contributed by atoms with Gasteiger partial charge in [-0.05, 0) is 37.1 Å². The van der Waals surface area contributed by atoms with Crippen LogP contribution in [-0.4, -0.2) is 55.0 Å². The molecule has 3 aliphatic heterocycles. The van der Waals surface area contributed by atoms with Crippen molar-refractivity contribution < 1.29 is 22.3 Å². The normalized spacial score (nSPS) is 32.3. The molecule has 134 valence electrons. The maximum Gasteiger partial charge on any atom is 0.277 e. The minimum atomic E-state index is -3.12. The summed E-state index contributed by atoms with van der Waals surface area (Å²) in [6.07, 6.45) is 0.963. The summed E-state index contributed by atoms with van der Waals surface area (Å²) < 4.78 is 42.6. The van der Waals surface area contributed by atoms with Gasteiger partial charge in [0.2, 0.25) is 0 Å². The number of nitrogens with zero attached hydrogens (tertiary/aromatic N) is 2. The average molecular weight is 384 g/mol. The first-order chi connectivity index (χ1) is 11.9. The molecule has 1 aromatic carbocycles. The fraction of sp³-hybridized carbons (Fsp3) is 0.500. The number of anilines is 1. The van der Waals surface area contributed by atoms with Crippen LogP contribution in [0.25, 0.3) is 0 Å². The highest BCUT2D eigenvalue weighted by molar-refractivity contribution is 8.16. The van der Waals surface area contributed by atoms with Crippen LogP contribution in [0.3, 0.4) is 0 Å². The van der Waals surface area contributed by atoms with Crippen molar-refractivity contribution in [3.8, 4) is 0 Å². The molecule has 0 radical (unpaired) electrons. The predicted octanol–water partition coefficient (Wildman–Crippen LogP) is 1.61. The molecule has 25 heavy (non-hydrogen) atoms. The average Bonchev–Trinajstić information content (AvgIpc) is 3.23. The number of aliphatic imine (C=N–C) groups is 1. The molecule has 0 unspecified atom stereocenters. The zero-order valence-electron chi connectivity index (χ0n) is 13.3. The molecule has 0 spiro atoms. The lowest BCUT2D eigenvalue weighted by molar-refractivity contribution is -0.126. The molecule has 4 rings (SSSR count). The van der Waals surface area contributed by atoms with Crippen LogP contribution >= 0.6 is 11.8 Å². The smallest absolute Gasteiger partial charge is 0.277 e. The Morgan fingerprint density at radius 1 is 1.28 bits per heavy atom. The quantitative estimate of drug-likeness (QED) is 0.771. The van der Waals surface area contributed by atoms with Gasteiger partial charge in [-0.1, -0.05) is 11.8 Å². The molecule has 0 N–H and O–H groups in total. The zero-order chi connectivity index (χ0) is 17.6. The monoisotopic (exact) mass is 384 g/mol. The molecule has 9 heteroatoms. The van der Waals surface area contributed by atoms with E-state index >= 15 is 0 Å². The fourth-order valence-electron chi connectivity index (χ4n) is 3.41. The van der Waals surface area contributed by atoms with Crippen molar-refractivity contribution in [2.45, 2.75) is 30.2 Å². The van der Waals surface area contributed by atoms with Crippen molar-refractivity contribution in [3.63, 3.8) is 0 Å². The molecule has 0 aliphatic carbocycles. The van der Waals surface area contributed by atoms with Gasteiger partial charge in [0.15, 0.2) is 15.0 Å². The predicted molar refractivity (Wildman–Crippen MR) is 94.1 cm³/mol. The zero-order valence-corrected chi connectivity index (χ0v) is 14.9. The van der Waals surface area contributed by atoms with Gasteiger partial charge < -0.3 is 9.64 Å². The number of fused-ring (bicyclic) bond motifs is 1. The molecule has 1 amide bonds. The van der Waals surface area contributed by atoms with Gasteiger partial charge in [0.25, 0.3) is 5.91 Å². The van der Waals surface area contributed by atoms with Gasteiger partial charge in [-0.2, -0.15) is 4.99 Å². The Balaban J connectivity index is 1.68. The summed E-state index contributed by atoms with van der Waals surface area (Å²) in [4.78, 5) is 18.3. The van der Waals surface area contributed by atoms with Gasteiger partial charge in [0, 0.05) is 17.5 Å². The number of ether oxygens (including phenoxy) is 1. The Bertz CT molecular complexity index is 819. The second-order valence-corrected chi connectivity index (χ2v) is 9.74. The van der Waals surface area contributed by atoms with E-state index in [0.717, 1.165) is 6.42 Å². The standard InChI is InChI=1S/C16H17FN2O4S2/c17-10-3-5-11(6-4-10)19-12-8-25(21,22)9-14(12)24-16(19)18-15(20)13-2-1-7-23-13/h3-6,12-14H,1-2,7-9H2/t12-,13+,14+/m1/s1. The number of halogens is 1. The number of amidine groups is 1. The topological polar surface area (TPSA) is 76.0 Å². The number of hydrogen-bond donors (Lipinski definition) is 0. The van der Waals surface area contributed by atoms with E-state index in [1.54, 1.807) is 17.0 Å². The van der Waals surface area contributed by atoms with E-state index in [2.05, 4.69) is 4.99 Å². The number of carbonyl (C=O) groups is 1. The third-order valence-corrected chi connectivity index (χ3v) is 7.79.